The third-order valence-electron chi connectivity index (χ3n) is 9.80. The fourth-order valence-corrected chi connectivity index (χ4v) is 7.12. The highest BCUT2D eigenvalue weighted by atomic mass is 16.6. The number of aliphatic hydroxyl groups excluding tert-OH is 1. The van der Waals surface area contributed by atoms with Crippen molar-refractivity contribution in [3.05, 3.63) is 126 Å². The van der Waals surface area contributed by atoms with Gasteiger partial charge in [0.1, 0.15) is 17.3 Å². The van der Waals surface area contributed by atoms with Crippen LogP contribution >= 0.6 is 0 Å². The molecule has 0 aromatic heterocycles. The predicted molar refractivity (Wildman–Crippen MR) is 184 cm³/mol. The second kappa shape index (κ2) is 11.7. The number of nitro benzene ring substituents is 2. The Balaban J connectivity index is 1.47. The molecule has 252 valence electrons. The molecule has 12 nitrogen and oxygen atoms in total. The van der Waals surface area contributed by atoms with Crippen molar-refractivity contribution >= 4 is 34.2 Å². The van der Waals surface area contributed by atoms with Crippen LogP contribution in [0.25, 0.3) is 0 Å². The zero-order valence-corrected chi connectivity index (χ0v) is 28.4. The number of nitro groups is 2. The number of ketones is 1. The Morgan fingerprint density at radius 2 is 1.45 bits per heavy atom. The van der Waals surface area contributed by atoms with Crippen LogP contribution < -0.4 is 14.4 Å². The second-order valence-electron chi connectivity index (χ2n) is 13.3. The number of likely N-dealkylation sites (N-methyl/N-ethyl adjacent to an activating group) is 1. The van der Waals surface area contributed by atoms with E-state index in [2.05, 4.69) is 18.7 Å². The van der Waals surface area contributed by atoms with Crippen LogP contribution in [0.1, 0.15) is 51.3 Å². The highest BCUT2D eigenvalue weighted by molar-refractivity contribution is 6.24. The Morgan fingerprint density at radius 3 is 2.00 bits per heavy atom. The van der Waals surface area contributed by atoms with Gasteiger partial charge in [0.2, 0.25) is 11.5 Å². The third kappa shape index (κ3) is 5.24. The molecule has 1 N–H and O–H groups in total. The van der Waals surface area contributed by atoms with Gasteiger partial charge in [0, 0.05) is 58.7 Å². The number of benzene rings is 3. The van der Waals surface area contributed by atoms with Gasteiger partial charge in [-0.2, -0.15) is 4.58 Å². The van der Waals surface area contributed by atoms with Gasteiger partial charge in [-0.1, -0.05) is 13.8 Å². The summed E-state index contributed by atoms with van der Waals surface area (Å²) in [6.45, 7) is 10.8. The van der Waals surface area contributed by atoms with Gasteiger partial charge in [-0.15, -0.1) is 0 Å². The number of hydrogen-bond donors (Lipinski definition) is 1. The van der Waals surface area contributed by atoms with E-state index >= 15 is 0 Å². The number of Topliss-reactive ketones (excluding diaryl/α,β-unsaturated/α-hetero) is 1. The van der Waals surface area contributed by atoms with E-state index in [-0.39, 0.29) is 29.2 Å². The van der Waals surface area contributed by atoms with Gasteiger partial charge in [-0.05, 0) is 62.7 Å². The lowest BCUT2D eigenvalue weighted by Gasteiger charge is -2.28. The summed E-state index contributed by atoms with van der Waals surface area (Å²) in [5, 5.41) is 34.7. The van der Waals surface area contributed by atoms with Crippen molar-refractivity contribution in [3.63, 3.8) is 0 Å². The summed E-state index contributed by atoms with van der Waals surface area (Å²) in [4.78, 5) is 37.9. The molecule has 3 aliphatic rings. The molecule has 2 aliphatic heterocycles. The molecule has 0 fully saturated rings. The maximum atomic E-state index is 13.8. The van der Waals surface area contributed by atoms with Crippen LogP contribution in [-0.2, 0) is 22.2 Å². The molecule has 0 atom stereocenters. The van der Waals surface area contributed by atoms with E-state index in [1.807, 2.05) is 55.7 Å². The minimum Gasteiger partial charge on any atom is -0.506 e. The summed E-state index contributed by atoms with van der Waals surface area (Å²) in [5.41, 5.74) is 3.82. The summed E-state index contributed by atoms with van der Waals surface area (Å²) >= 11 is 0. The van der Waals surface area contributed by atoms with E-state index in [9.17, 15) is 30.1 Å². The molecule has 49 heavy (non-hydrogen) atoms. The lowest BCUT2D eigenvalue weighted by molar-refractivity contribution is -0.455. The quantitative estimate of drug-likeness (QED) is 0.109. The third-order valence-corrected chi connectivity index (χ3v) is 9.80. The first-order valence-corrected chi connectivity index (χ1v) is 15.8. The van der Waals surface area contributed by atoms with E-state index in [0.717, 1.165) is 40.0 Å². The zero-order chi connectivity index (χ0) is 35.6. The van der Waals surface area contributed by atoms with Gasteiger partial charge in [-0.25, -0.2) is 0 Å². The van der Waals surface area contributed by atoms with Crippen molar-refractivity contribution in [2.24, 2.45) is 0 Å². The van der Waals surface area contributed by atoms with Crippen LogP contribution in [-0.4, -0.2) is 51.8 Å². The topological polar surface area (TPSA) is 148 Å². The molecular weight excluding hydrogens is 628 g/mol. The smallest absolute Gasteiger partial charge is 0.276 e. The number of allylic oxidation sites excluding steroid dienone is 5. The first kappa shape index (κ1) is 33.1. The van der Waals surface area contributed by atoms with Crippen molar-refractivity contribution in [1.29, 1.82) is 0 Å². The molecule has 0 radical (unpaired) electrons. The SMILES string of the molecule is CCN1C(=CC2=C(O)C(=CC3=[N+](Cc4cc([N+](=O)[O-])cc([N+](=O)[O-])c4)c4ccc(OC)cc4C3(C)C)C2=O)C(C)(C)c2cc(OC)ccc21. The Kier molecular flexibility index (Phi) is 7.93. The van der Waals surface area contributed by atoms with Crippen molar-refractivity contribution in [2.45, 2.75) is 52.0 Å². The molecule has 2 heterocycles. The van der Waals surface area contributed by atoms with E-state index < -0.39 is 32.1 Å². The van der Waals surface area contributed by atoms with Gasteiger partial charge < -0.3 is 19.5 Å². The van der Waals surface area contributed by atoms with Gasteiger partial charge >= 0.3 is 0 Å². The molecule has 0 saturated carbocycles. The number of hydrogen-bond acceptors (Lipinski definition) is 9. The molecule has 0 unspecified atom stereocenters. The standard InChI is InChI=1S/C37H36N4O8/c1-8-38-30-11-9-24(48-6)16-28(30)36(2,3)32(38)18-26-34(42)27(35(26)43)19-33-37(4,5)29-17-25(49-7)10-12-31(29)39(33)20-21-13-22(40(44)45)15-23(14-21)41(46)47/h9-19H,8,20H2,1-7H3/p+1. The van der Waals surface area contributed by atoms with Crippen LogP contribution in [0.15, 0.2) is 89.4 Å². The van der Waals surface area contributed by atoms with Crippen LogP contribution in [0.3, 0.4) is 0 Å². The van der Waals surface area contributed by atoms with Crippen LogP contribution in [0.5, 0.6) is 11.5 Å². The molecule has 0 amide bonds. The first-order valence-electron chi connectivity index (χ1n) is 15.8. The number of anilines is 1. The molecule has 0 saturated heterocycles. The Bertz CT molecular complexity index is 2070. The Hall–Kier alpha value is -5.78. The normalized spacial score (nSPS) is 18.9. The number of aliphatic hydroxyl groups is 1. The minimum absolute atomic E-state index is 0.0291. The van der Waals surface area contributed by atoms with E-state index in [1.165, 1.54) is 12.1 Å². The number of fused-ring (bicyclic) bond motifs is 2. The molecule has 3 aromatic carbocycles. The van der Waals surface area contributed by atoms with E-state index in [0.29, 0.717) is 23.6 Å². The molecular formula is C37H37N4O8+. The fourth-order valence-electron chi connectivity index (χ4n) is 7.12. The number of carbonyl (C=O) groups excluding carboxylic acids is 1. The van der Waals surface area contributed by atoms with Crippen molar-refractivity contribution in [1.82, 2.24) is 0 Å². The minimum atomic E-state index is -0.717. The molecule has 3 aromatic rings. The van der Waals surface area contributed by atoms with Crippen molar-refractivity contribution in [3.8, 4) is 11.5 Å². The summed E-state index contributed by atoms with van der Waals surface area (Å²) in [6.07, 6.45) is 3.41. The average Bonchev–Trinajstić information content (AvgIpc) is 3.42. The average molecular weight is 666 g/mol. The Morgan fingerprint density at radius 1 is 0.857 bits per heavy atom. The number of carbonyl (C=O) groups is 1. The van der Waals surface area contributed by atoms with E-state index in [1.54, 1.807) is 32.4 Å². The summed E-state index contributed by atoms with van der Waals surface area (Å²) in [6, 6.07) is 14.9. The summed E-state index contributed by atoms with van der Waals surface area (Å²) in [7, 11) is 3.18. The summed E-state index contributed by atoms with van der Waals surface area (Å²) in [5.74, 6) is 0.880. The number of rotatable bonds is 9. The van der Waals surface area contributed by atoms with Gasteiger partial charge in [0.05, 0.1) is 46.7 Å². The van der Waals surface area contributed by atoms with Crippen LogP contribution in [0.2, 0.25) is 0 Å². The number of non-ortho nitro benzene ring substituents is 2. The maximum absolute atomic E-state index is 13.8. The molecule has 1 aliphatic carbocycles. The predicted octanol–water partition coefficient (Wildman–Crippen LogP) is 7.12. The summed E-state index contributed by atoms with van der Waals surface area (Å²) < 4.78 is 12.8. The first-order chi connectivity index (χ1) is 23.1. The van der Waals surface area contributed by atoms with Crippen LogP contribution in [0, 0.1) is 20.2 Å². The monoisotopic (exact) mass is 665 g/mol. The molecule has 6 rings (SSSR count). The zero-order valence-electron chi connectivity index (χ0n) is 28.4. The lowest BCUT2D eigenvalue weighted by atomic mass is 9.77. The van der Waals surface area contributed by atoms with Gasteiger partial charge in [-0.3, -0.25) is 25.0 Å². The van der Waals surface area contributed by atoms with Gasteiger partial charge in [0.25, 0.3) is 11.4 Å². The fraction of sp³-hybridized carbons (Fsp3) is 0.297. The van der Waals surface area contributed by atoms with Gasteiger partial charge in [0.15, 0.2) is 12.3 Å². The number of ether oxygens (including phenoxy) is 2. The van der Waals surface area contributed by atoms with E-state index in [4.69, 9.17) is 9.47 Å². The highest BCUT2D eigenvalue weighted by Gasteiger charge is 2.48. The highest BCUT2D eigenvalue weighted by Crippen LogP contribution is 2.50. The van der Waals surface area contributed by atoms with Crippen LogP contribution in [0.4, 0.5) is 22.7 Å². The molecule has 0 spiro atoms. The largest absolute Gasteiger partial charge is 0.506 e. The number of nitrogens with zero attached hydrogens (tertiary/aromatic N) is 4. The molecule has 0 bridgehead atoms. The lowest BCUT2D eigenvalue weighted by Crippen LogP contribution is -2.32. The number of methoxy groups -OCH3 is 2. The van der Waals surface area contributed by atoms with Crippen molar-refractivity contribution in [2.75, 3.05) is 25.7 Å². The van der Waals surface area contributed by atoms with Crippen molar-refractivity contribution < 1.29 is 33.8 Å². The Labute approximate surface area is 283 Å². The second-order valence-corrected chi connectivity index (χ2v) is 13.3. The molecule has 12 heteroatoms. The maximum Gasteiger partial charge on any atom is 0.276 e.